The topological polar surface area (TPSA) is 60.6 Å². The molecule has 1 atom stereocenters. The summed E-state index contributed by atoms with van der Waals surface area (Å²) in [7, 11) is 5.31. The Balaban J connectivity index is 1.50. The van der Waals surface area contributed by atoms with Crippen molar-refractivity contribution in [3.8, 4) is 11.5 Å². The highest BCUT2D eigenvalue weighted by atomic mass is 16.5. The smallest absolute Gasteiger partial charge is 0.278 e. The summed E-state index contributed by atoms with van der Waals surface area (Å²) in [6.45, 7) is 4.44. The summed E-state index contributed by atoms with van der Waals surface area (Å²) in [6, 6.07) is 12.0. The number of methoxy groups -OCH3 is 2. The first-order valence-electron chi connectivity index (χ1n) is 9.62. The number of ether oxygens (including phenoxy) is 2. The molecule has 1 fully saturated rings. The second-order valence-electron chi connectivity index (χ2n) is 7.12. The molecule has 1 aliphatic heterocycles. The highest BCUT2D eigenvalue weighted by Gasteiger charge is 2.27. The van der Waals surface area contributed by atoms with E-state index in [1.807, 2.05) is 48.5 Å². The summed E-state index contributed by atoms with van der Waals surface area (Å²) in [5.41, 5.74) is 1.12. The molecule has 2 aromatic rings. The molecule has 28 heavy (non-hydrogen) atoms. The molecule has 1 amide bonds. The second-order valence-corrected chi connectivity index (χ2v) is 7.12. The molecule has 0 radical (unpaired) electrons. The summed E-state index contributed by atoms with van der Waals surface area (Å²) in [5.74, 6) is 2.74. The number of H-pyrrole nitrogens is 1. The first-order chi connectivity index (χ1) is 13.6. The minimum absolute atomic E-state index is 0.203. The maximum atomic E-state index is 12.7. The number of aromatic amines is 1. The number of likely N-dealkylation sites (N-methyl/N-ethyl adjacent to an activating group) is 1. The van der Waals surface area contributed by atoms with Crippen LogP contribution in [0.3, 0.4) is 0 Å². The molecule has 7 heteroatoms. The molecule has 1 aromatic heterocycles. The van der Waals surface area contributed by atoms with E-state index < -0.39 is 0 Å². The van der Waals surface area contributed by atoms with Crippen LogP contribution in [0.15, 0.2) is 42.6 Å². The number of hydrogen-bond donors (Lipinski definition) is 1. The summed E-state index contributed by atoms with van der Waals surface area (Å²) >= 11 is 0. The lowest BCUT2D eigenvalue weighted by molar-refractivity contribution is -0.885. The molecule has 0 saturated carbocycles. The van der Waals surface area contributed by atoms with Crippen LogP contribution in [0.1, 0.15) is 5.56 Å². The van der Waals surface area contributed by atoms with Crippen molar-refractivity contribution in [1.29, 1.82) is 0 Å². The van der Waals surface area contributed by atoms with Gasteiger partial charge in [0.1, 0.15) is 19.6 Å². The average molecular weight is 386 g/mol. The average Bonchev–Trinajstić information content (AvgIpc) is 2.74. The summed E-state index contributed by atoms with van der Waals surface area (Å²) < 4.78 is 10.6. The van der Waals surface area contributed by atoms with Crippen LogP contribution in [-0.4, -0.2) is 64.8 Å². The standard InChI is InChI=1S/C21H28N4O3/c1-23(15-17-7-8-18(27-2)19(14-17)28-3)16-21(26)25-12-10-24(11-13-25)20-6-4-5-9-22-20/h4-9,14H,10-13,15-16H2,1-3H3/p+2. The number of nitrogens with one attached hydrogen (secondary N) is 2. The Labute approximate surface area is 166 Å². The van der Waals surface area contributed by atoms with Crippen LogP contribution in [-0.2, 0) is 11.3 Å². The van der Waals surface area contributed by atoms with Crippen LogP contribution < -0.4 is 24.3 Å². The van der Waals surface area contributed by atoms with Gasteiger partial charge >= 0.3 is 0 Å². The van der Waals surface area contributed by atoms with E-state index in [2.05, 4.69) is 16.0 Å². The van der Waals surface area contributed by atoms with Crippen molar-refractivity contribution < 1.29 is 24.2 Å². The predicted octanol–water partition coefficient (Wildman–Crippen LogP) is -0.119. The molecule has 3 rings (SSSR count). The number of piperazine rings is 1. The SMILES string of the molecule is COc1ccc(C[NH+](C)CC(=O)N2CCN(c3cccc[nH+]3)CC2)cc1OC. The first kappa shape index (κ1) is 19.9. The van der Waals surface area contributed by atoms with Gasteiger partial charge in [-0.15, -0.1) is 0 Å². The maximum absolute atomic E-state index is 12.7. The molecule has 150 valence electrons. The monoisotopic (exact) mass is 386 g/mol. The third-order valence-electron chi connectivity index (χ3n) is 5.07. The highest BCUT2D eigenvalue weighted by molar-refractivity contribution is 5.77. The molecule has 0 bridgehead atoms. The molecular formula is C21H30N4O3+2. The Bertz CT molecular complexity index is 776. The van der Waals surface area contributed by atoms with E-state index in [1.165, 1.54) is 0 Å². The van der Waals surface area contributed by atoms with Crippen LogP contribution in [0.5, 0.6) is 11.5 Å². The van der Waals surface area contributed by atoms with Crippen molar-refractivity contribution in [2.45, 2.75) is 6.54 Å². The number of nitrogens with zero attached hydrogens (tertiary/aromatic N) is 2. The lowest BCUT2D eigenvalue weighted by Crippen LogP contribution is -3.09. The van der Waals surface area contributed by atoms with Crippen molar-refractivity contribution in [3.63, 3.8) is 0 Å². The Morgan fingerprint density at radius 3 is 2.46 bits per heavy atom. The fourth-order valence-corrected chi connectivity index (χ4v) is 3.55. The minimum atomic E-state index is 0.203. The maximum Gasteiger partial charge on any atom is 0.278 e. The van der Waals surface area contributed by atoms with Gasteiger partial charge in [-0.2, -0.15) is 0 Å². The first-order valence-corrected chi connectivity index (χ1v) is 9.62. The summed E-state index contributed by atoms with van der Waals surface area (Å²) in [5, 5.41) is 0. The van der Waals surface area contributed by atoms with Crippen molar-refractivity contribution in [2.24, 2.45) is 0 Å². The van der Waals surface area contributed by atoms with Gasteiger partial charge in [-0.05, 0) is 24.3 Å². The number of quaternary nitrogens is 1. The van der Waals surface area contributed by atoms with E-state index in [-0.39, 0.29) is 5.91 Å². The molecule has 1 unspecified atom stereocenters. The van der Waals surface area contributed by atoms with E-state index in [4.69, 9.17) is 9.47 Å². The number of carbonyl (C=O) groups excluding carboxylic acids is 1. The fourth-order valence-electron chi connectivity index (χ4n) is 3.55. The Morgan fingerprint density at radius 1 is 1.07 bits per heavy atom. The third kappa shape index (κ3) is 4.92. The van der Waals surface area contributed by atoms with Gasteiger partial charge in [-0.3, -0.25) is 9.69 Å². The van der Waals surface area contributed by atoms with Gasteiger partial charge in [0.15, 0.2) is 18.0 Å². The van der Waals surface area contributed by atoms with Gasteiger partial charge in [0.25, 0.3) is 11.7 Å². The van der Waals surface area contributed by atoms with E-state index in [1.54, 1.807) is 14.2 Å². The number of benzene rings is 1. The number of rotatable bonds is 7. The van der Waals surface area contributed by atoms with Crippen molar-refractivity contribution in [3.05, 3.63) is 48.2 Å². The normalized spacial score (nSPS) is 15.2. The second kappa shape index (κ2) is 9.41. The molecule has 7 nitrogen and oxygen atoms in total. The van der Waals surface area contributed by atoms with Gasteiger partial charge in [-0.1, -0.05) is 6.07 Å². The molecule has 2 N–H and O–H groups in total. The number of aromatic nitrogens is 1. The molecular weight excluding hydrogens is 356 g/mol. The van der Waals surface area contributed by atoms with Gasteiger partial charge < -0.3 is 19.3 Å². The van der Waals surface area contributed by atoms with Crippen LogP contribution in [0.25, 0.3) is 0 Å². The number of pyridine rings is 1. The molecule has 1 saturated heterocycles. The Morgan fingerprint density at radius 2 is 1.82 bits per heavy atom. The molecule has 1 aliphatic rings. The number of amides is 1. The zero-order valence-electron chi connectivity index (χ0n) is 16.9. The highest BCUT2D eigenvalue weighted by Crippen LogP contribution is 2.27. The minimum Gasteiger partial charge on any atom is -0.493 e. The number of carbonyl (C=O) groups is 1. The molecule has 0 aliphatic carbocycles. The van der Waals surface area contributed by atoms with E-state index >= 15 is 0 Å². The van der Waals surface area contributed by atoms with E-state index in [9.17, 15) is 4.79 Å². The lowest BCUT2D eigenvalue weighted by Gasteiger charge is -2.31. The molecule has 0 spiro atoms. The van der Waals surface area contributed by atoms with Crippen molar-refractivity contribution in [1.82, 2.24) is 4.90 Å². The largest absolute Gasteiger partial charge is 0.493 e. The van der Waals surface area contributed by atoms with Gasteiger partial charge in [0, 0.05) is 11.6 Å². The van der Waals surface area contributed by atoms with E-state index in [0.29, 0.717) is 18.0 Å². The van der Waals surface area contributed by atoms with Crippen LogP contribution in [0, 0.1) is 0 Å². The zero-order valence-corrected chi connectivity index (χ0v) is 16.9. The van der Waals surface area contributed by atoms with Crippen LogP contribution in [0.4, 0.5) is 5.82 Å². The van der Waals surface area contributed by atoms with Crippen LogP contribution >= 0.6 is 0 Å². The fraction of sp³-hybridized carbons (Fsp3) is 0.429. The summed E-state index contributed by atoms with van der Waals surface area (Å²) in [6.07, 6.45) is 1.93. The van der Waals surface area contributed by atoms with Gasteiger partial charge in [0.05, 0.1) is 40.6 Å². The van der Waals surface area contributed by atoms with Crippen molar-refractivity contribution >= 4 is 11.7 Å². The quantitative estimate of drug-likeness (QED) is 0.721. The Kier molecular flexibility index (Phi) is 6.71. The third-order valence-corrected chi connectivity index (χ3v) is 5.07. The predicted molar refractivity (Wildman–Crippen MR) is 107 cm³/mol. The molecule has 1 aromatic carbocycles. The molecule has 2 heterocycles. The van der Waals surface area contributed by atoms with Gasteiger partial charge in [0.2, 0.25) is 0 Å². The van der Waals surface area contributed by atoms with Crippen LogP contribution in [0.2, 0.25) is 0 Å². The van der Waals surface area contributed by atoms with E-state index in [0.717, 1.165) is 49.0 Å². The number of anilines is 1. The van der Waals surface area contributed by atoms with Crippen molar-refractivity contribution in [2.75, 3.05) is 58.9 Å². The zero-order chi connectivity index (χ0) is 19.9. The van der Waals surface area contributed by atoms with Gasteiger partial charge in [-0.25, -0.2) is 4.98 Å². The number of hydrogen-bond acceptors (Lipinski definition) is 4. The Hall–Kier alpha value is -2.80. The lowest BCUT2D eigenvalue weighted by atomic mass is 10.2. The summed E-state index contributed by atoms with van der Waals surface area (Å²) in [4.78, 5) is 21.4.